The molecule has 0 aromatic carbocycles. The number of anilines is 2. The fourth-order valence-corrected chi connectivity index (χ4v) is 2.00. The molecule has 1 aromatic rings. The third kappa shape index (κ3) is 3.28. The first-order chi connectivity index (χ1) is 8.29. The summed E-state index contributed by atoms with van der Waals surface area (Å²) < 4.78 is 0. The van der Waals surface area contributed by atoms with Gasteiger partial charge in [0.2, 0.25) is 5.95 Å². The second-order valence-corrected chi connectivity index (χ2v) is 4.73. The highest BCUT2D eigenvalue weighted by molar-refractivity contribution is 5.40. The van der Waals surface area contributed by atoms with Crippen LogP contribution in [0.3, 0.4) is 0 Å². The molecule has 1 aromatic heterocycles. The van der Waals surface area contributed by atoms with E-state index in [1.54, 1.807) is 6.20 Å². The highest BCUT2D eigenvalue weighted by Gasteiger charge is 2.17. The molecule has 5 nitrogen and oxygen atoms in total. The van der Waals surface area contributed by atoms with E-state index in [4.69, 9.17) is 0 Å². The molecule has 2 rings (SSSR count). The highest BCUT2D eigenvalue weighted by atomic mass is 15.3. The molecule has 1 aliphatic heterocycles. The third-order valence-corrected chi connectivity index (χ3v) is 3.19. The molecule has 0 atom stereocenters. The van der Waals surface area contributed by atoms with E-state index in [0.29, 0.717) is 5.95 Å². The van der Waals surface area contributed by atoms with Crippen molar-refractivity contribution in [3.63, 3.8) is 0 Å². The Bertz CT molecular complexity index is 347. The fraction of sp³-hybridized carbons (Fsp3) is 0.750. The largest absolute Gasteiger partial charge is 0.355 e. The molecule has 0 spiro atoms. The predicted octanol–water partition coefficient (Wildman–Crippen LogP) is 1.93. The molecule has 1 aliphatic rings. The van der Waals surface area contributed by atoms with Crippen LogP contribution in [-0.2, 0) is 0 Å². The van der Waals surface area contributed by atoms with Crippen LogP contribution in [0.25, 0.3) is 0 Å². The SMILES string of the molecule is CCCNc1nncc(N2CCC(C)CC2)n1. The Morgan fingerprint density at radius 1 is 1.41 bits per heavy atom. The molecule has 17 heavy (non-hydrogen) atoms. The standard InChI is InChI=1S/C12H21N5/c1-3-6-13-12-15-11(9-14-16-12)17-7-4-10(2)5-8-17/h9-10H,3-8H2,1-2H3,(H,13,15,16). The van der Waals surface area contributed by atoms with E-state index in [-0.39, 0.29) is 0 Å². The van der Waals surface area contributed by atoms with Crippen LogP contribution < -0.4 is 10.2 Å². The summed E-state index contributed by atoms with van der Waals surface area (Å²) in [5.74, 6) is 2.42. The Kier molecular flexibility index (Phi) is 4.12. The van der Waals surface area contributed by atoms with E-state index in [1.807, 2.05) is 0 Å². The van der Waals surface area contributed by atoms with E-state index < -0.39 is 0 Å². The Balaban J connectivity index is 2.00. The number of nitrogens with zero attached hydrogens (tertiary/aromatic N) is 4. The van der Waals surface area contributed by atoms with Gasteiger partial charge in [0.05, 0.1) is 6.20 Å². The van der Waals surface area contributed by atoms with Gasteiger partial charge in [-0.05, 0) is 25.2 Å². The van der Waals surface area contributed by atoms with E-state index in [1.165, 1.54) is 12.8 Å². The number of piperidine rings is 1. The van der Waals surface area contributed by atoms with Crippen LogP contribution in [0.15, 0.2) is 6.20 Å². The monoisotopic (exact) mass is 235 g/mol. The minimum atomic E-state index is 0.642. The summed E-state index contributed by atoms with van der Waals surface area (Å²) in [6.07, 6.45) is 5.30. The predicted molar refractivity (Wildman–Crippen MR) is 69.2 cm³/mol. The molecule has 0 amide bonds. The van der Waals surface area contributed by atoms with Crippen molar-refractivity contribution in [3.05, 3.63) is 6.20 Å². The van der Waals surface area contributed by atoms with Crippen molar-refractivity contribution in [2.75, 3.05) is 29.9 Å². The van der Waals surface area contributed by atoms with E-state index in [9.17, 15) is 0 Å². The minimum absolute atomic E-state index is 0.642. The Labute approximate surface area is 103 Å². The zero-order valence-corrected chi connectivity index (χ0v) is 10.7. The van der Waals surface area contributed by atoms with Gasteiger partial charge in [-0.15, -0.1) is 5.10 Å². The summed E-state index contributed by atoms with van der Waals surface area (Å²) in [6.45, 7) is 7.47. The van der Waals surface area contributed by atoms with Crippen LogP contribution in [-0.4, -0.2) is 34.8 Å². The van der Waals surface area contributed by atoms with Gasteiger partial charge in [0.15, 0.2) is 5.82 Å². The molecule has 1 saturated heterocycles. The lowest BCUT2D eigenvalue weighted by Gasteiger charge is -2.30. The zero-order valence-electron chi connectivity index (χ0n) is 10.7. The average molecular weight is 235 g/mol. The van der Waals surface area contributed by atoms with Crippen LogP contribution in [0.1, 0.15) is 33.1 Å². The van der Waals surface area contributed by atoms with Gasteiger partial charge in [0.1, 0.15) is 0 Å². The first-order valence-electron chi connectivity index (χ1n) is 6.48. The van der Waals surface area contributed by atoms with Crippen molar-refractivity contribution in [3.8, 4) is 0 Å². The summed E-state index contributed by atoms with van der Waals surface area (Å²) in [6, 6.07) is 0. The number of aromatic nitrogens is 3. The lowest BCUT2D eigenvalue weighted by Crippen LogP contribution is -2.33. The molecular weight excluding hydrogens is 214 g/mol. The second kappa shape index (κ2) is 5.80. The summed E-state index contributed by atoms with van der Waals surface area (Å²) in [7, 11) is 0. The smallest absolute Gasteiger partial charge is 0.244 e. The lowest BCUT2D eigenvalue weighted by molar-refractivity contribution is 0.436. The van der Waals surface area contributed by atoms with Crippen molar-refractivity contribution in [1.82, 2.24) is 15.2 Å². The summed E-state index contributed by atoms with van der Waals surface area (Å²) in [4.78, 5) is 6.80. The van der Waals surface area contributed by atoms with Gasteiger partial charge in [0, 0.05) is 19.6 Å². The molecule has 5 heteroatoms. The third-order valence-electron chi connectivity index (χ3n) is 3.19. The van der Waals surface area contributed by atoms with Crippen LogP contribution in [0.5, 0.6) is 0 Å². The molecule has 1 fully saturated rings. The molecule has 0 unspecified atom stereocenters. The maximum Gasteiger partial charge on any atom is 0.244 e. The van der Waals surface area contributed by atoms with Gasteiger partial charge in [0.25, 0.3) is 0 Å². The van der Waals surface area contributed by atoms with Gasteiger partial charge in [-0.3, -0.25) is 0 Å². The van der Waals surface area contributed by atoms with Gasteiger partial charge in [-0.2, -0.15) is 10.1 Å². The van der Waals surface area contributed by atoms with Crippen molar-refractivity contribution in [2.24, 2.45) is 5.92 Å². The number of rotatable bonds is 4. The number of hydrogen-bond donors (Lipinski definition) is 1. The Morgan fingerprint density at radius 2 is 2.18 bits per heavy atom. The molecule has 94 valence electrons. The highest BCUT2D eigenvalue weighted by Crippen LogP contribution is 2.20. The summed E-state index contributed by atoms with van der Waals surface area (Å²) in [5.41, 5.74) is 0. The van der Waals surface area contributed by atoms with E-state index in [2.05, 4.69) is 39.2 Å². The molecule has 2 heterocycles. The molecule has 0 aliphatic carbocycles. The quantitative estimate of drug-likeness (QED) is 0.864. The van der Waals surface area contributed by atoms with Crippen molar-refractivity contribution in [1.29, 1.82) is 0 Å². The van der Waals surface area contributed by atoms with Crippen LogP contribution in [0.4, 0.5) is 11.8 Å². The summed E-state index contributed by atoms with van der Waals surface area (Å²) >= 11 is 0. The van der Waals surface area contributed by atoms with Crippen molar-refractivity contribution >= 4 is 11.8 Å². The minimum Gasteiger partial charge on any atom is -0.355 e. The van der Waals surface area contributed by atoms with Crippen LogP contribution >= 0.6 is 0 Å². The topological polar surface area (TPSA) is 53.9 Å². The van der Waals surface area contributed by atoms with Crippen LogP contribution in [0.2, 0.25) is 0 Å². The van der Waals surface area contributed by atoms with Gasteiger partial charge >= 0.3 is 0 Å². The van der Waals surface area contributed by atoms with Crippen molar-refractivity contribution in [2.45, 2.75) is 33.1 Å². The van der Waals surface area contributed by atoms with E-state index >= 15 is 0 Å². The Hall–Kier alpha value is -1.39. The maximum atomic E-state index is 4.50. The van der Waals surface area contributed by atoms with Gasteiger partial charge in [-0.1, -0.05) is 13.8 Å². The molecule has 0 radical (unpaired) electrons. The fourth-order valence-electron chi connectivity index (χ4n) is 2.00. The first kappa shape index (κ1) is 12.1. The van der Waals surface area contributed by atoms with Gasteiger partial charge in [-0.25, -0.2) is 0 Å². The zero-order chi connectivity index (χ0) is 12.1. The van der Waals surface area contributed by atoms with Crippen LogP contribution in [0, 0.1) is 5.92 Å². The van der Waals surface area contributed by atoms with Gasteiger partial charge < -0.3 is 10.2 Å². The molecule has 0 saturated carbocycles. The van der Waals surface area contributed by atoms with Crippen molar-refractivity contribution < 1.29 is 0 Å². The Morgan fingerprint density at radius 3 is 2.88 bits per heavy atom. The van der Waals surface area contributed by atoms with E-state index in [0.717, 1.165) is 37.8 Å². The first-order valence-corrected chi connectivity index (χ1v) is 6.48. The number of nitrogens with one attached hydrogen (secondary N) is 1. The second-order valence-electron chi connectivity index (χ2n) is 4.73. The normalized spacial score (nSPS) is 17.2. The average Bonchev–Trinajstić information content (AvgIpc) is 2.37. The summed E-state index contributed by atoms with van der Waals surface area (Å²) in [5, 5.41) is 11.2. The maximum absolute atomic E-state index is 4.50. The molecule has 0 bridgehead atoms. The molecule has 1 N–H and O–H groups in total. The molecular formula is C12H21N5. The number of hydrogen-bond acceptors (Lipinski definition) is 5. The lowest BCUT2D eigenvalue weighted by atomic mass is 9.99.